The zero-order valence-electron chi connectivity index (χ0n) is 15.9. The largest absolute Gasteiger partial charge is 0.366 e. The van der Waals surface area contributed by atoms with Crippen LogP contribution >= 0.6 is 23.4 Å². The number of aromatic nitrogens is 1. The zero-order chi connectivity index (χ0) is 20.0. The van der Waals surface area contributed by atoms with Crippen LogP contribution in [0.5, 0.6) is 0 Å². The maximum Gasteiger partial charge on any atom is 0.134 e. The SMILES string of the molecule is NC1CN(c2cc(N3CCSc4ccccc4C3)nc3ccc(Cl)cc23)CC1F. The highest BCUT2D eigenvalue weighted by Gasteiger charge is 2.31. The van der Waals surface area contributed by atoms with E-state index in [1.165, 1.54) is 10.5 Å². The van der Waals surface area contributed by atoms with Gasteiger partial charge in [-0.1, -0.05) is 29.8 Å². The van der Waals surface area contributed by atoms with Crippen molar-refractivity contribution in [2.45, 2.75) is 23.7 Å². The summed E-state index contributed by atoms with van der Waals surface area (Å²) in [7, 11) is 0. The van der Waals surface area contributed by atoms with Crippen molar-refractivity contribution in [1.29, 1.82) is 0 Å². The monoisotopic (exact) mass is 428 g/mol. The van der Waals surface area contributed by atoms with Gasteiger partial charge in [-0.3, -0.25) is 0 Å². The number of nitrogens with two attached hydrogens (primary N) is 1. The fourth-order valence-corrected chi connectivity index (χ4v) is 5.29. The van der Waals surface area contributed by atoms with Gasteiger partial charge >= 0.3 is 0 Å². The normalized spacial score (nSPS) is 22.0. The van der Waals surface area contributed by atoms with Crippen molar-refractivity contribution in [2.24, 2.45) is 5.73 Å². The number of rotatable bonds is 2. The molecule has 5 rings (SSSR count). The minimum Gasteiger partial charge on any atom is -0.366 e. The number of benzene rings is 2. The number of nitrogens with zero attached hydrogens (tertiary/aromatic N) is 3. The molecule has 7 heteroatoms. The van der Waals surface area contributed by atoms with E-state index in [1.54, 1.807) is 0 Å². The average molecular weight is 429 g/mol. The average Bonchev–Trinajstić information content (AvgIpc) is 2.93. The van der Waals surface area contributed by atoms with Crippen LogP contribution in [-0.4, -0.2) is 42.6 Å². The third-order valence-electron chi connectivity index (χ3n) is 5.64. The molecule has 1 aromatic heterocycles. The number of pyridine rings is 1. The summed E-state index contributed by atoms with van der Waals surface area (Å²) in [4.78, 5) is 10.6. The maximum absolute atomic E-state index is 14.2. The van der Waals surface area contributed by atoms with E-state index in [0.717, 1.165) is 41.3 Å². The molecule has 3 heterocycles. The van der Waals surface area contributed by atoms with Crippen molar-refractivity contribution in [3.8, 4) is 0 Å². The van der Waals surface area contributed by atoms with Gasteiger partial charge in [-0.15, -0.1) is 11.8 Å². The van der Waals surface area contributed by atoms with Crippen molar-refractivity contribution in [3.05, 3.63) is 59.1 Å². The van der Waals surface area contributed by atoms with E-state index >= 15 is 0 Å². The van der Waals surface area contributed by atoms with Gasteiger partial charge in [0.1, 0.15) is 12.0 Å². The van der Waals surface area contributed by atoms with E-state index in [9.17, 15) is 4.39 Å². The Kier molecular flexibility index (Phi) is 5.02. The molecule has 2 aromatic carbocycles. The minimum absolute atomic E-state index is 0.297. The fourth-order valence-electron chi connectivity index (χ4n) is 4.10. The number of alkyl halides is 1. The molecule has 0 aliphatic carbocycles. The third-order valence-corrected chi connectivity index (χ3v) is 6.97. The third kappa shape index (κ3) is 3.65. The molecule has 1 fully saturated rings. The Morgan fingerprint density at radius 2 is 1.97 bits per heavy atom. The Balaban J connectivity index is 1.59. The minimum atomic E-state index is -1.03. The highest BCUT2D eigenvalue weighted by molar-refractivity contribution is 7.99. The molecule has 0 spiro atoms. The highest BCUT2D eigenvalue weighted by Crippen LogP contribution is 2.36. The smallest absolute Gasteiger partial charge is 0.134 e. The van der Waals surface area contributed by atoms with Crippen LogP contribution in [0.2, 0.25) is 5.02 Å². The van der Waals surface area contributed by atoms with Gasteiger partial charge in [0.15, 0.2) is 0 Å². The summed E-state index contributed by atoms with van der Waals surface area (Å²) >= 11 is 8.14. The molecule has 150 valence electrons. The molecule has 29 heavy (non-hydrogen) atoms. The van der Waals surface area contributed by atoms with Crippen molar-refractivity contribution >= 4 is 45.8 Å². The number of thioether (sulfide) groups is 1. The summed E-state index contributed by atoms with van der Waals surface area (Å²) < 4.78 is 14.2. The highest BCUT2D eigenvalue weighted by atomic mass is 35.5. The predicted octanol–water partition coefficient (Wildman–Crippen LogP) is 4.49. The lowest BCUT2D eigenvalue weighted by molar-refractivity contribution is 0.333. The zero-order valence-corrected chi connectivity index (χ0v) is 17.5. The van der Waals surface area contributed by atoms with Crippen molar-refractivity contribution in [1.82, 2.24) is 4.98 Å². The Labute approximate surface area is 178 Å². The van der Waals surface area contributed by atoms with E-state index in [1.807, 2.05) is 34.9 Å². The number of anilines is 2. The van der Waals surface area contributed by atoms with Gasteiger partial charge in [-0.05, 0) is 29.8 Å². The van der Waals surface area contributed by atoms with Crippen LogP contribution in [0.3, 0.4) is 0 Å². The Morgan fingerprint density at radius 3 is 2.79 bits per heavy atom. The van der Waals surface area contributed by atoms with Crippen molar-refractivity contribution < 1.29 is 4.39 Å². The Morgan fingerprint density at radius 1 is 1.10 bits per heavy atom. The molecule has 2 unspecified atom stereocenters. The molecule has 2 aliphatic rings. The molecule has 4 nitrogen and oxygen atoms in total. The number of halogens is 2. The molecule has 2 aliphatic heterocycles. The van der Waals surface area contributed by atoms with E-state index in [4.69, 9.17) is 22.3 Å². The molecule has 3 aromatic rings. The van der Waals surface area contributed by atoms with Crippen molar-refractivity contribution in [2.75, 3.05) is 35.2 Å². The number of hydrogen-bond donors (Lipinski definition) is 1. The van der Waals surface area contributed by atoms with Gasteiger partial charge in [-0.2, -0.15) is 0 Å². The lowest BCUT2D eigenvalue weighted by atomic mass is 10.1. The Bertz CT molecular complexity index is 1050. The van der Waals surface area contributed by atoms with E-state index < -0.39 is 12.2 Å². The van der Waals surface area contributed by atoms with Crippen molar-refractivity contribution in [3.63, 3.8) is 0 Å². The lowest BCUT2D eigenvalue weighted by Crippen LogP contribution is -2.30. The number of hydrogen-bond acceptors (Lipinski definition) is 5. The predicted molar refractivity (Wildman–Crippen MR) is 120 cm³/mol. The molecule has 1 saturated heterocycles. The molecule has 0 bridgehead atoms. The molecular formula is C22H22ClFN4S. The molecule has 2 N–H and O–H groups in total. The van der Waals surface area contributed by atoms with Gasteiger partial charge in [0.25, 0.3) is 0 Å². The van der Waals surface area contributed by atoms with E-state index in [2.05, 4.69) is 35.2 Å². The van der Waals surface area contributed by atoms with Gasteiger partial charge in [0.05, 0.1) is 23.8 Å². The van der Waals surface area contributed by atoms with Crippen LogP contribution in [0.4, 0.5) is 15.9 Å². The lowest BCUT2D eigenvalue weighted by Gasteiger charge is -2.26. The first-order chi connectivity index (χ1) is 14.1. The first-order valence-corrected chi connectivity index (χ1v) is 11.2. The van der Waals surface area contributed by atoms with Gasteiger partial charge < -0.3 is 15.5 Å². The molecule has 2 atom stereocenters. The summed E-state index contributed by atoms with van der Waals surface area (Å²) in [6, 6.07) is 15.8. The summed E-state index contributed by atoms with van der Waals surface area (Å²) in [6.45, 7) is 2.49. The summed E-state index contributed by atoms with van der Waals surface area (Å²) in [6.07, 6.45) is -1.03. The molecule has 0 saturated carbocycles. The van der Waals surface area contributed by atoms with Gasteiger partial charge in [-0.25, -0.2) is 9.37 Å². The maximum atomic E-state index is 14.2. The molecule has 0 amide bonds. The summed E-state index contributed by atoms with van der Waals surface area (Å²) in [5, 5.41) is 1.58. The van der Waals surface area contributed by atoms with E-state index in [-0.39, 0.29) is 0 Å². The summed E-state index contributed by atoms with van der Waals surface area (Å²) in [5.74, 6) is 1.90. The van der Waals surface area contributed by atoms with Gasteiger partial charge in [0, 0.05) is 46.8 Å². The van der Waals surface area contributed by atoms with Gasteiger partial charge in [0.2, 0.25) is 0 Å². The second kappa shape index (κ2) is 7.67. The van der Waals surface area contributed by atoms with Crippen LogP contribution < -0.4 is 15.5 Å². The fraction of sp³-hybridized carbons (Fsp3) is 0.318. The Hall–Kier alpha value is -2.02. The van der Waals surface area contributed by atoms with Crippen LogP contribution in [0.25, 0.3) is 10.9 Å². The van der Waals surface area contributed by atoms with E-state index in [0.29, 0.717) is 18.1 Å². The summed E-state index contributed by atoms with van der Waals surface area (Å²) in [5.41, 5.74) is 9.09. The van der Waals surface area contributed by atoms with Crippen LogP contribution in [0.15, 0.2) is 53.4 Å². The second-order valence-electron chi connectivity index (χ2n) is 7.62. The standard InChI is InChI=1S/C22H22ClFN4S/c23-15-5-6-19-16(9-15)20(28-12-17(24)18(25)13-28)10-22(26-19)27-7-8-29-21-4-2-1-3-14(21)11-27/h1-6,9-10,17-18H,7-8,11-13,25H2. The molecular weight excluding hydrogens is 407 g/mol. The first kappa shape index (κ1) is 19.0. The quantitative estimate of drug-likeness (QED) is 0.651. The van der Waals surface area contributed by atoms with Crippen LogP contribution in [0, 0.1) is 0 Å². The number of fused-ring (bicyclic) bond motifs is 2. The second-order valence-corrected chi connectivity index (χ2v) is 9.20. The first-order valence-electron chi connectivity index (χ1n) is 9.79. The van der Waals surface area contributed by atoms with Crippen LogP contribution in [0.1, 0.15) is 5.56 Å². The van der Waals surface area contributed by atoms with Crippen LogP contribution in [-0.2, 0) is 6.54 Å². The molecule has 0 radical (unpaired) electrons. The topological polar surface area (TPSA) is 45.4 Å².